The van der Waals surface area contributed by atoms with Gasteiger partial charge < -0.3 is 0 Å². The highest BCUT2D eigenvalue weighted by atomic mass is 35.5. The summed E-state index contributed by atoms with van der Waals surface area (Å²) < 4.78 is 1.96. The fourth-order valence-electron chi connectivity index (χ4n) is 2.87. The zero-order chi connectivity index (χ0) is 20.4. The molecule has 7 heteroatoms. The maximum absolute atomic E-state index is 6.44. The van der Waals surface area contributed by atoms with E-state index in [9.17, 15) is 0 Å². The molecule has 146 valence electrons. The summed E-state index contributed by atoms with van der Waals surface area (Å²) in [4.78, 5) is 0. The van der Waals surface area contributed by atoms with Crippen molar-refractivity contribution >= 4 is 46.6 Å². The Balaban J connectivity index is 1.77. The molecule has 0 atom stereocenters. The molecule has 0 aliphatic heterocycles. The third kappa shape index (κ3) is 4.46. The first-order valence-electron chi connectivity index (χ1n) is 8.87. The van der Waals surface area contributed by atoms with Crippen LogP contribution in [0.15, 0.2) is 71.9 Å². The fourth-order valence-corrected chi connectivity index (χ4v) is 4.29. The van der Waals surface area contributed by atoms with Crippen molar-refractivity contribution in [2.24, 2.45) is 0 Å². The van der Waals surface area contributed by atoms with Crippen molar-refractivity contribution in [3.05, 3.63) is 92.9 Å². The maximum Gasteiger partial charge on any atom is 0.196 e. The van der Waals surface area contributed by atoms with Crippen molar-refractivity contribution < 1.29 is 0 Å². The quantitative estimate of drug-likeness (QED) is 0.289. The molecular formula is C22H16Cl3N3S. The van der Waals surface area contributed by atoms with Crippen LogP contribution in [-0.2, 0) is 5.75 Å². The number of thioether (sulfide) groups is 1. The summed E-state index contributed by atoms with van der Waals surface area (Å²) in [6.45, 7) is 2.08. The van der Waals surface area contributed by atoms with E-state index >= 15 is 0 Å². The number of aromatic nitrogens is 3. The van der Waals surface area contributed by atoms with Crippen LogP contribution in [0.4, 0.5) is 0 Å². The van der Waals surface area contributed by atoms with Crippen LogP contribution in [0.2, 0.25) is 15.1 Å². The van der Waals surface area contributed by atoms with Crippen LogP contribution in [-0.4, -0.2) is 14.8 Å². The molecule has 1 heterocycles. The lowest BCUT2D eigenvalue weighted by molar-refractivity contribution is 0.886. The Morgan fingerprint density at radius 2 is 1.59 bits per heavy atom. The van der Waals surface area contributed by atoms with Crippen LogP contribution < -0.4 is 0 Å². The Bertz CT molecular complexity index is 1160. The fraction of sp³-hybridized carbons (Fsp3) is 0.0909. The standard InChI is InChI=1S/C22H16Cl3N3S/c1-14-6-8-15(9-7-14)13-29-22-27-26-21(17-4-2-3-5-18(17)23)28(22)16-10-11-19(24)20(25)12-16/h2-12H,13H2,1H3. The molecular weight excluding hydrogens is 445 g/mol. The smallest absolute Gasteiger partial charge is 0.196 e. The first-order chi connectivity index (χ1) is 14.0. The van der Waals surface area contributed by atoms with E-state index in [0.29, 0.717) is 20.9 Å². The van der Waals surface area contributed by atoms with Gasteiger partial charge in [-0.25, -0.2) is 0 Å². The highest BCUT2D eigenvalue weighted by Crippen LogP contribution is 2.34. The SMILES string of the molecule is Cc1ccc(CSc2nnc(-c3ccccc3Cl)n2-c2ccc(Cl)c(Cl)c2)cc1. The molecule has 4 rings (SSSR count). The molecule has 0 amide bonds. The summed E-state index contributed by atoms with van der Waals surface area (Å²) in [5.41, 5.74) is 4.07. The van der Waals surface area contributed by atoms with Gasteiger partial charge >= 0.3 is 0 Å². The molecule has 0 aliphatic rings. The van der Waals surface area contributed by atoms with E-state index in [1.807, 2.05) is 41.0 Å². The van der Waals surface area contributed by atoms with Gasteiger partial charge in [0.15, 0.2) is 11.0 Å². The van der Waals surface area contributed by atoms with Crippen molar-refractivity contribution in [2.75, 3.05) is 0 Å². The van der Waals surface area contributed by atoms with Gasteiger partial charge in [-0.15, -0.1) is 10.2 Å². The summed E-state index contributed by atoms with van der Waals surface area (Å²) in [6, 6.07) is 21.5. The largest absolute Gasteiger partial charge is 0.270 e. The first kappa shape index (κ1) is 20.3. The van der Waals surface area contributed by atoms with Gasteiger partial charge in [0, 0.05) is 11.3 Å². The monoisotopic (exact) mass is 459 g/mol. The van der Waals surface area contributed by atoms with E-state index in [-0.39, 0.29) is 0 Å². The summed E-state index contributed by atoms with van der Waals surface area (Å²) in [5, 5.41) is 11.2. The summed E-state index contributed by atoms with van der Waals surface area (Å²) in [5.74, 6) is 1.42. The second-order valence-electron chi connectivity index (χ2n) is 6.49. The number of hydrogen-bond acceptors (Lipinski definition) is 3. The minimum atomic E-state index is 0.470. The third-order valence-electron chi connectivity index (χ3n) is 4.40. The lowest BCUT2D eigenvalue weighted by Gasteiger charge is -2.12. The summed E-state index contributed by atoms with van der Waals surface area (Å²) >= 11 is 20.4. The predicted molar refractivity (Wildman–Crippen MR) is 123 cm³/mol. The zero-order valence-electron chi connectivity index (χ0n) is 15.4. The van der Waals surface area contributed by atoms with Crippen LogP contribution >= 0.6 is 46.6 Å². The van der Waals surface area contributed by atoms with Gasteiger partial charge in [-0.1, -0.05) is 88.5 Å². The second kappa shape index (κ2) is 8.80. The van der Waals surface area contributed by atoms with Crippen molar-refractivity contribution in [1.82, 2.24) is 14.8 Å². The first-order valence-corrected chi connectivity index (χ1v) is 11.0. The lowest BCUT2D eigenvalue weighted by atomic mass is 10.2. The van der Waals surface area contributed by atoms with Crippen LogP contribution in [0.1, 0.15) is 11.1 Å². The summed E-state index contributed by atoms with van der Waals surface area (Å²) in [7, 11) is 0. The molecule has 1 aromatic heterocycles. The molecule has 29 heavy (non-hydrogen) atoms. The predicted octanol–water partition coefficient (Wildman–Crippen LogP) is 7.50. The van der Waals surface area contributed by atoms with Gasteiger partial charge in [0.05, 0.1) is 20.8 Å². The Morgan fingerprint density at radius 1 is 0.828 bits per heavy atom. The molecule has 0 saturated carbocycles. The molecule has 0 spiro atoms. The Labute approximate surface area is 188 Å². The van der Waals surface area contributed by atoms with Crippen molar-refractivity contribution in [3.8, 4) is 17.1 Å². The van der Waals surface area contributed by atoms with Gasteiger partial charge in [-0.2, -0.15) is 0 Å². The van der Waals surface area contributed by atoms with E-state index in [1.165, 1.54) is 11.1 Å². The van der Waals surface area contributed by atoms with Gasteiger partial charge in [-0.3, -0.25) is 4.57 Å². The average molecular weight is 461 g/mol. The van der Waals surface area contributed by atoms with E-state index < -0.39 is 0 Å². The highest BCUT2D eigenvalue weighted by Gasteiger charge is 2.18. The molecule has 0 aliphatic carbocycles. The van der Waals surface area contributed by atoms with Crippen LogP contribution in [0.5, 0.6) is 0 Å². The van der Waals surface area contributed by atoms with Crippen LogP contribution in [0, 0.1) is 6.92 Å². The maximum atomic E-state index is 6.44. The molecule has 0 unspecified atom stereocenters. The number of rotatable bonds is 5. The highest BCUT2D eigenvalue weighted by molar-refractivity contribution is 7.98. The molecule has 0 bridgehead atoms. The normalized spacial score (nSPS) is 11.0. The minimum Gasteiger partial charge on any atom is -0.270 e. The number of hydrogen-bond donors (Lipinski definition) is 0. The van der Waals surface area contributed by atoms with Crippen LogP contribution in [0.25, 0.3) is 17.1 Å². The minimum absolute atomic E-state index is 0.470. The third-order valence-corrected chi connectivity index (χ3v) is 6.47. The van der Waals surface area contributed by atoms with Gasteiger partial charge in [0.2, 0.25) is 0 Å². The Morgan fingerprint density at radius 3 is 2.31 bits per heavy atom. The molecule has 0 fully saturated rings. The molecule has 0 radical (unpaired) electrons. The van der Waals surface area contributed by atoms with Gasteiger partial charge in [0.1, 0.15) is 0 Å². The number of aryl methyl sites for hydroxylation is 1. The molecule has 3 nitrogen and oxygen atoms in total. The number of halogens is 3. The molecule has 4 aromatic rings. The zero-order valence-corrected chi connectivity index (χ0v) is 18.5. The van der Waals surface area contributed by atoms with E-state index in [0.717, 1.165) is 22.2 Å². The van der Waals surface area contributed by atoms with Crippen molar-refractivity contribution in [2.45, 2.75) is 17.8 Å². The van der Waals surface area contributed by atoms with E-state index in [4.69, 9.17) is 34.8 Å². The Hall–Kier alpha value is -1.98. The Kier molecular flexibility index (Phi) is 6.16. The molecule has 0 N–H and O–H groups in total. The average Bonchev–Trinajstić information content (AvgIpc) is 3.14. The van der Waals surface area contributed by atoms with Crippen molar-refractivity contribution in [1.29, 1.82) is 0 Å². The van der Waals surface area contributed by atoms with Gasteiger partial charge in [-0.05, 0) is 42.8 Å². The van der Waals surface area contributed by atoms with Crippen LogP contribution in [0.3, 0.4) is 0 Å². The molecule has 0 saturated heterocycles. The second-order valence-corrected chi connectivity index (χ2v) is 8.66. The number of nitrogens with zero attached hydrogens (tertiary/aromatic N) is 3. The molecule has 3 aromatic carbocycles. The lowest BCUT2D eigenvalue weighted by Crippen LogP contribution is -2.00. The summed E-state index contributed by atoms with van der Waals surface area (Å²) in [6.07, 6.45) is 0. The van der Waals surface area contributed by atoms with Gasteiger partial charge in [0.25, 0.3) is 0 Å². The topological polar surface area (TPSA) is 30.7 Å². The van der Waals surface area contributed by atoms with E-state index in [2.05, 4.69) is 41.4 Å². The number of benzene rings is 3. The van der Waals surface area contributed by atoms with Crippen molar-refractivity contribution in [3.63, 3.8) is 0 Å². The van der Waals surface area contributed by atoms with E-state index in [1.54, 1.807) is 17.8 Å².